The van der Waals surface area contributed by atoms with E-state index in [1.165, 1.54) is 11.3 Å². The van der Waals surface area contributed by atoms with Gasteiger partial charge in [0.1, 0.15) is 22.9 Å². The van der Waals surface area contributed by atoms with E-state index in [0.717, 1.165) is 5.56 Å². The molecule has 1 atom stereocenters. The summed E-state index contributed by atoms with van der Waals surface area (Å²) in [5.41, 5.74) is 1.74. The van der Waals surface area contributed by atoms with Crippen molar-refractivity contribution in [2.24, 2.45) is 0 Å². The normalized spacial score (nSPS) is 11.9. The molecule has 0 saturated carbocycles. The number of ether oxygens (including phenoxy) is 3. The molecule has 9 nitrogen and oxygen atoms in total. The molecule has 0 bridgehead atoms. The predicted molar refractivity (Wildman–Crippen MR) is 132 cm³/mol. The number of benzene rings is 2. The quantitative estimate of drug-likeness (QED) is 0.288. The summed E-state index contributed by atoms with van der Waals surface area (Å²) in [6.45, 7) is 2.63. The molecule has 2 heterocycles. The molecule has 3 N–H and O–H groups in total. The average Bonchev–Trinajstić information content (AvgIpc) is 3.30. The number of aromatic nitrogens is 2. The number of amides is 1. The third-order valence-corrected chi connectivity index (χ3v) is 6.13. The third-order valence-electron chi connectivity index (χ3n) is 5.21. The van der Waals surface area contributed by atoms with Crippen molar-refractivity contribution >= 4 is 27.5 Å². The molecule has 35 heavy (non-hydrogen) atoms. The summed E-state index contributed by atoms with van der Waals surface area (Å²) in [6, 6.07) is 14.2. The fourth-order valence-electron chi connectivity index (χ4n) is 3.41. The van der Waals surface area contributed by atoms with Crippen LogP contribution in [-0.4, -0.2) is 34.7 Å². The molecule has 0 aliphatic carbocycles. The SMILES string of the molecule is CCOC(O)c1ccc(OCc2csc3nc(C(=O)NCc4cccc(OC)c4)[nH]c(=O)c23)cc1. The van der Waals surface area contributed by atoms with Gasteiger partial charge in [0.25, 0.3) is 11.5 Å². The Morgan fingerprint density at radius 3 is 2.74 bits per heavy atom. The molecule has 0 saturated heterocycles. The van der Waals surface area contributed by atoms with Crippen LogP contribution in [0.1, 0.15) is 40.5 Å². The monoisotopic (exact) mass is 495 g/mol. The Hall–Kier alpha value is -3.73. The minimum absolute atomic E-state index is 0.0526. The fourth-order valence-corrected chi connectivity index (χ4v) is 4.34. The Kier molecular flexibility index (Phi) is 7.76. The van der Waals surface area contributed by atoms with E-state index >= 15 is 0 Å². The number of aromatic amines is 1. The van der Waals surface area contributed by atoms with Crippen molar-refractivity contribution < 1.29 is 24.1 Å². The minimum atomic E-state index is -0.985. The maximum atomic E-state index is 12.8. The Bertz CT molecular complexity index is 1370. The number of hydrogen-bond donors (Lipinski definition) is 3. The van der Waals surface area contributed by atoms with Crippen LogP contribution in [0.2, 0.25) is 0 Å². The topological polar surface area (TPSA) is 123 Å². The Balaban J connectivity index is 1.42. The lowest BCUT2D eigenvalue weighted by Gasteiger charge is -2.11. The number of aliphatic hydroxyl groups excluding tert-OH is 1. The van der Waals surface area contributed by atoms with E-state index in [1.54, 1.807) is 43.7 Å². The molecule has 0 aliphatic rings. The highest BCUT2D eigenvalue weighted by Crippen LogP contribution is 2.24. The van der Waals surface area contributed by atoms with Gasteiger partial charge >= 0.3 is 0 Å². The van der Waals surface area contributed by atoms with Gasteiger partial charge in [-0.1, -0.05) is 24.3 Å². The number of carbonyl (C=O) groups is 1. The smallest absolute Gasteiger partial charge is 0.287 e. The van der Waals surface area contributed by atoms with Crippen LogP contribution in [0.15, 0.2) is 58.7 Å². The highest BCUT2D eigenvalue weighted by molar-refractivity contribution is 7.16. The van der Waals surface area contributed by atoms with Crippen molar-refractivity contribution in [3.8, 4) is 11.5 Å². The summed E-state index contributed by atoms with van der Waals surface area (Å²) >= 11 is 1.27. The zero-order valence-corrected chi connectivity index (χ0v) is 20.1. The van der Waals surface area contributed by atoms with Gasteiger partial charge in [-0.2, -0.15) is 0 Å². The van der Waals surface area contributed by atoms with Crippen LogP contribution in [0.3, 0.4) is 0 Å². The summed E-state index contributed by atoms with van der Waals surface area (Å²) in [7, 11) is 1.58. The van der Waals surface area contributed by atoms with E-state index < -0.39 is 17.8 Å². The van der Waals surface area contributed by atoms with Gasteiger partial charge in [-0.25, -0.2) is 4.98 Å². The van der Waals surface area contributed by atoms with Crippen molar-refractivity contribution in [1.29, 1.82) is 0 Å². The maximum Gasteiger partial charge on any atom is 0.287 e. The Morgan fingerprint density at radius 2 is 2.00 bits per heavy atom. The van der Waals surface area contributed by atoms with Crippen molar-refractivity contribution in [3.05, 3.63) is 86.8 Å². The van der Waals surface area contributed by atoms with Crippen LogP contribution in [0.4, 0.5) is 0 Å². The number of H-pyrrole nitrogens is 1. The zero-order valence-electron chi connectivity index (χ0n) is 19.2. The maximum absolute atomic E-state index is 12.8. The molecular formula is C25H25N3O6S. The number of nitrogens with one attached hydrogen (secondary N) is 2. The first-order valence-corrected chi connectivity index (χ1v) is 11.8. The largest absolute Gasteiger partial charge is 0.497 e. The molecular weight excluding hydrogens is 470 g/mol. The first-order chi connectivity index (χ1) is 17.0. The molecule has 2 aromatic heterocycles. The van der Waals surface area contributed by atoms with Gasteiger partial charge in [0.2, 0.25) is 5.82 Å². The van der Waals surface area contributed by atoms with E-state index in [4.69, 9.17) is 14.2 Å². The number of fused-ring (bicyclic) bond motifs is 1. The number of thiophene rings is 1. The number of nitrogens with zero attached hydrogens (tertiary/aromatic N) is 1. The fraction of sp³-hybridized carbons (Fsp3) is 0.240. The van der Waals surface area contributed by atoms with Crippen LogP contribution in [0.25, 0.3) is 10.2 Å². The lowest BCUT2D eigenvalue weighted by atomic mass is 10.2. The lowest BCUT2D eigenvalue weighted by Crippen LogP contribution is -2.27. The van der Waals surface area contributed by atoms with Gasteiger partial charge in [-0.3, -0.25) is 9.59 Å². The molecule has 2 aromatic carbocycles. The molecule has 0 radical (unpaired) electrons. The zero-order chi connectivity index (χ0) is 24.8. The van der Waals surface area contributed by atoms with Crippen LogP contribution < -0.4 is 20.3 Å². The first kappa shape index (κ1) is 24.4. The molecule has 1 unspecified atom stereocenters. The molecule has 1 amide bonds. The van der Waals surface area contributed by atoms with Crippen LogP contribution >= 0.6 is 11.3 Å². The van der Waals surface area contributed by atoms with Gasteiger partial charge in [0.05, 0.1) is 12.5 Å². The second kappa shape index (κ2) is 11.1. The van der Waals surface area contributed by atoms with Crippen LogP contribution in [0, 0.1) is 0 Å². The summed E-state index contributed by atoms with van der Waals surface area (Å²) in [5.74, 6) is 0.738. The van der Waals surface area contributed by atoms with Crippen LogP contribution in [0.5, 0.6) is 11.5 Å². The van der Waals surface area contributed by atoms with E-state index in [9.17, 15) is 14.7 Å². The van der Waals surface area contributed by atoms with Gasteiger partial charge in [0.15, 0.2) is 6.29 Å². The molecule has 182 valence electrons. The van der Waals surface area contributed by atoms with Gasteiger partial charge in [0, 0.05) is 29.7 Å². The molecule has 4 rings (SSSR count). The van der Waals surface area contributed by atoms with Gasteiger partial charge in [-0.15, -0.1) is 11.3 Å². The summed E-state index contributed by atoms with van der Waals surface area (Å²) in [6.07, 6.45) is -0.985. The minimum Gasteiger partial charge on any atom is -0.497 e. The second-order valence-electron chi connectivity index (χ2n) is 7.56. The van der Waals surface area contributed by atoms with Crippen molar-refractivity contribution in [3.63, 3.8) is 0 Å². The highest BCUT2D eigenvalue weighted by atomic mass is 32.1. The number of aliphatic hydroxyl groups is 1. The average molecular weight is 496 g/mol. The first-order valence-electron chi connectivity index (χ1n) is 10.9. The second-order valence-corrected chi connectivity index (χ2v) is 8.41. The van der Waals surface area contributed by atoms with Crippen LogP contribution in [-0.2, 0) is 17.9 Å². The number of rotatable bonds is 10. The summed E-state index contributed by atoms with van der Waals surface area (Å²) in [5, 5.41) is 14.8. The molecule has 0 spiro atoms. The molecule has 4 aromatic rings. The van der Waals surface area contributed by atoms with Crippen molar-refractivity contribution in [1.82, 2.24) is 15.3 Å². The van der Waals surface area contributed by atoms with Crippen molar-refractivity contribution in [2.75, 3.05) is 13.7 Å². The molecule has 0 fully saturated rings. The Morgan fingerprint density at radius 1 is 1.20 bits per heavy atom. The summed E-state index contributed by atoms with van der Waals surface area (Å²) in [4.78, 5) is 32.7. The summed E-state index contributed by atoms with van der Waals surface area (Å²) < 4.78 is 16.2. The standard InChI is InChI=1S/C25H25N3O6S/c1-3-33-25(31)16-7-9-18(10-8-16)34-13-17-14-35-24-20(17)22(29)27-21(28-24)23(30)26-12-15-5-4-6-19(11-15)32-2/h4-11,14,25,31H,3,12-13H2,1-2H3,(H,26,30)(H,27,28,29). The van der Waals surface area contributed by atoms with E-state index in [-0.39, 0.29) is 19.0 Å². The third kappa shape index (κ3) is 5.86. The lowest BCUT2D eigenvalue weighted by molar-refractivity contribution is -0.0979. The van der Waals surface area contributed by atoms with Gasteiger partial charge < -0.3 is 29.6 Å². The Labute approximate surface area is 205 Å². The highest BCUT2D eigenvalue weighted by Gasteiger charge is 2.16. The van der Waals surface area contributed by atoms with Gasteiger partial charge in [-0.05, 0) is 36.8 Å². The number of carbonyl (C=O) groups excluding carboxylic acids is 1. The molecule has 0 aliphatic heterocycles. The number of methoxy groups -OCH3 is 1. The molecule has 10 heteroatoms. The predicted octanol–water partition coefficient (Wildman–Crippen LogP) is 3.53. The van der Waals surface area contributed by atoms with Crippen molar-refractivity contribution in [2.45, 2.75) is 26.4 Å². The van der Waals surface area contributed by atoms with E-state index in [1.807, 2.05) is 24.3 Å². The van der Waals surface area contributed by atoms with E-state index in [2.05, 4.69) is 15.3 Å². The van der Waals surface area contributed by atoms with E-state index in [0.29, 0.717) is 39.4 Å². The number of hydrogen-bond acceptors (Lipinski definition) is 8.